The molecule has 3 rings (SSSR count). The number of rotatable bonds is 11. The zero-order chi connectivity index (χ0) is 36.3. The third kappa shape index (κ3) is 8.74. The molecule has 0 spiro atoms. The van der Waals surface area contributed by atoms with Gasteiger partial charge in [0.05, 0.1) is 41.6 Å². The average Bonchev–Trinajstić information content (AvgIpc) is 2.97. The maximum absolute atomic E-state index is 16.8. The number of hydrogen-bond donors (Lipinski definition) is 1. The van der Waals surface area contributed by atoms with Crippen molar-refractivity contribution in [2.45, 2.75) is 115 Å². The van der Waals surface area contributed by atoms with E-state index in [9.17, 15) is 13.2 Å². The topological polar surface area (TPSA) is 136 Å². The number of nitrogens with zero attached hydrogens (tertiary/aromatic N) is 3. The Kier molecular flexibility index (Phi) is 12.5. The van der Waals surface area contributed by atoms with Gasteiger partial charge in [0.15, 0.2) is 0 Å². The molecule has 2 aromatic rings. The van der Waals surface area contributed by atoms with Crippen molar-refractivity contribution in [2.75, 3.05) is 18.9 Å². The standard InChI is InChI=1S/C33H50BrFN4O6S2Si/c1-11-48(12-2,13-3)25-21-26(34)37-28(27(25)35)33(10)22-46(41,32(8,9)29(39-33)38-30(40)45-31(5,6)7)36-19-14-20-44-47(42,43)24-17-15-23(4)16-18-24/h15-18,21H,11-14,19-20,22H2,1-10H3,(H,38,39,40)/t33-,46?/m0/s1. The maximum Gasteiger partial charge on any atom is 0.413 e. The highest BCUT2D eigenvalue weighted by Gasteiger charge is 2.51. The Morgan fingerprint density at radius 3 is 2.25 bits per heavy atom. The summed E-state index contributed by atoms with van der Waals surface area (Å²) in [6.07, 6.45) is -0.653. The predicted molar refractivity (Wildman–Crippen MR) is 196 cm³/mol. The number of ether oxygens (including phenoxy) is 1. The maximum atomic E-state index is 16.8. The average molecular weight is 790 g/mol. The van der Waals surface area contributed by atoms with Crippen molar-refractivity contribution < 1.29 is 30.7 Å². The molecule has 1 aliphatic heterocycles. The van der Waals surface area contributed by atoms with E-state index in [-0.39, 0.29) is 41.8 Å². The van der Waals surface area contributed by atoms with Gasteiger partial charge < -0.3 is 4.74 Å². The van der Waals surface area contributed by atoms with Gasteiger partial charge in [-0.2, -0.15) is 8.42 Å². The minimum Gasteiger partial charge on any atom is -0.444 e. The van der Waals surface area contributed by atoms with E-state index in [1.807, 2.05) is 6.92 Å². The highest BCUT2D eigenvalue weighted by atomic mass is 79.9. The number of pyridine rings is 1. The number of carbonyl (C=O) groups excluding carboxylic acids is 1. The van der Waals surface area contributed by atoms with Crippen LogP contribution in [0.15, 0.2) is 49.2 Å². The molecule has 2 atom stereocenters. The summed E-state index contributed by atoms with van der Waals surface area (Å²) in [5.41, 5.74) is -1.37. The molecule has 1 aliphatic rings. The van der Waals surface area contributed by atoms with Gasteiger partial charge in [0.2, 0.25) is 0 Å². The van der Waals surface area contributed by atoms with E-state index in [0.717, 1.165) is 23.7 Å². The summed E-state index contributed by atoms with van der Waals surface area (Å²) in [7, 11) is -9.56. The van der Waals surface area contributed by atoms with Crippen LogP contribution in [0.3, 0.4) is 0 Å². The Bertz CT molecular complexity index is 1760. The number of hydrogen-bond acceptors (Lipinski definition) is 9. The molecule has 0 radical (unpaired) electrons. The number of halogens is 2. The van der Waals surface area contributed by atoms with Gasteiger partial charge in [-0.05, 0) is 94.2 Å². The number of carbonyl (C=O) groups is 1. The van der Waals surface area contributed by atoms with Gasteiger partial charge in [-0.25, -0.2) is 22.7 Å². The fourth-order valence-electron chi connectivity index (χ4n) is 5.81. The molecule has 0 saturated carbocycles. The molecule has 10 nitrogen and oxygen atoms in total. The van der Waals surface area contributed by atoms with Gasteiger partial charge >= 0.3 is 6.09 Å². The third-order valence-corrected chi connectivity index (χ3v) is 19.7. The Morgan fingerprint density at radius 1 is 1.12 bits per heavy atom. The van der Waals surface area contributed by atoms with E-state index in [1.54, 1.807) is 59.7 Å². The van der Waals surface area contributed by atoms with Crippen molar-refractivity contribution in [1.29, 1.82) is 0 Å². The van der Waals surface area contributed by atoms with Crippen LogP contribution in [0.1, 0.15) is 80.0 Å². The lowest BCUT2D eigenvalue weighted by Crippen LogP contribution is -2.58. The smallest absolute Gasteiger partial charge is 0.413 e. The first-order valence-electron chi connectivity index (χ1n) is 16.2. The fraction of sp³-hybridized carbons (Fsp3) is 0.606. The highest BCUT2D eigenvalue weighted by Crippen LogP contribution is 2.40. The highest BCUT2D eigenvalue weighted by molar-refractivity contribution is 9.10. The van der Waals surface area contributed by atoms with Crippen molar-refractivity contribution in [3.63, 3.8) is 0 Å². The predicted octanol–water partition coefficient (Wildman–Crippen LogP) is 7.20. The minimum atomic E-state index is -3.99. The van der Waals surface area contributed by atoms with Gasteiger partial charge in [-0.3, -0.25) is 14.5 Å². The first kappa shape index (κ1) is 40.2. The Hall–Kier alpha value is -2.20. The number of benzene rings is 1. The second-order valence-electron chi connectivity index (χ2n) is 13.9. The van der Waals surface area contributed by atoms with Gasteiger partial charge in [-0.1, -0.05) is 56.6 Å². The van der Waals surface area contributed by atoms with Crippen LogP contribution in [-0.4, -0.2) is 66.9 Å². The largest absolute Gasteiger partial charge is 0.444 e. The van der Waals surface area contributed by atoms with Crippen LogP contribution in [0.25, 0.3) is 0 Å². The molecule has 48 heavy (non-hydrogen) atoms. The summed E-state index contributed by atoms with van der Waals surface area (Å²) in [6.45, 7) is 18.0. The van der Waals surface area contributed by atoms with Crippen LogP contribution in [0, 0.1) is 12.7 Å². The molecule has 15 heteroatoms. The van der Waals surface area contributed by atoms with Gasteiger partial charge in [-0.15, -0.1) is 0 Å². The first-order chi connectivity index (χ1) is 22.1. The molecule has 0 saturated heterocycles. The van der Waals surface area contributed by atoms with Gasteiger partial charge in [0.25, 0.3) is 10.1 Å². The van der Waals surface area contributed by atoms with Crippen molar-refractivity contribution in [2.24, 2.45) is 9.36 Å². The van der Waals surface area contributed by atoms with Crippen molar-refractivity contribution >= 4 is 61.0 Å². The van der Waals surface area contributed by atoms with E-state index in [1.165, 1.54) is 12.1 Å². The number of aryl methyl sites for hydroxylation is 1. The fourth-order valence-corrected chi connectivity index (χ4v) is 13.6. The lowest BCUT2D eigenvalue weighted by Gasteiger charge is -2.42. The molecule has 0 bridgehead atoms. The van der Waals surface area contributed by atoms with Crippen LogP contribution in [0.2, 0.25) is 18.1 Å². The van der Waals surface area contributed by atoms with E-state index in [0.29, 0.717) is 9.79 Å². The number of aliphatic imine (C=N–C) groups is 1. The van der Waals surface area contributed by atoms with Crippen molar-refractivity contribution in [1.82, 2.24) is 10.3 Å². The Balaban J connectivity index is 2.08. The summed E-state index contributed by atoms with van der Waals surface area (Å²) < 4.78 is 71.6. The lowest BCUT2D eigenvalue weighted by atomic mass is 9.98. The lowest BCUT2D eigenvalue weighted by molar-refractivity contribution is 0.0560. The van der Waals surface area contributed by atoms with Gasteiger partial charge in [0, 0.05) is 0 Å². The minimum absolute atomic E-state index is 0.0152. The second kappa shape index (κ2) is 15.0. The summed E-state index contributed by atoms with van der Waals surface area (Å²) in [5, 5.41) is 3.32. The quantitative estimate of drug-likeness (QED) is 0.110. The molecular weight excluding hydrogens is 740 g/mol. The van der Waals surface area contributed by atoms with Crippen LogP contribution in [0.5, 0.6) is 0 Å². The van der Waals surface area contributed by atoms with Crippen molar-refractivity contribution in [3.8, 4) is 0 Å². The molecule has 1 amide bonds. The van der Waals surface area contributed by atoms with Gasteiger partial charge in [0.1, 0.15) is 37.8 Å². The van der Waals surface area contributed by atoms with Crippen LogP contribution in [-0.2, 0) is 34.3 Å². The summed E-state index contributed by atoms with van der Waals surface area (Å²) in [6, 6.07) is 10.6. The van der Waals surface area contributed by atoms with Crippen molar-refractivity contribution in [3.05, 3.63) is 52.0 Å². The van der Waals surface area contributed by atoms with E-state index in [4.69, 9.17) is 13.9 Å². The van der Waals surface area contributed by atoms with E-state index >= 15 is 8.60 Å². The van der Waals surface area contributed by atoms with Crippen LogP contribution >= 0.6 is 15.9 Å². The molecule has 0 fully saturated rings. The van der Waals surface area contributed by atoms with Crippen LogP contribution in [0.4, 0.5) is 9.18 Å². The number of aromatic nitrogens is 1. The molecule has 1 aromatic heterocycles. The first-order valence-corrected chi connectivity index (χ1v) is 22.7. The second-order valence-corrected chi connectivity index (χ2v) is 24.4. The molecule has 1 N–H and O–H groups in total. The number of amidine groups is 1. The summed E-state index contributed by atoms with van der Waals surface area (Å²) in [5.74, 6) is -0.632. The molecule has 0 aliphatic carbocycles. The summed E-state index contributed by atoms with van der Waals surface area (Å²) >= 11 is 3.50. The van der Waals surface area contributed by atoms with E-state index in [2.05, 4.69) is 51.4 Å². The van der Waals surface area contributed by atoms with Crippen LogP contribution < -0.4 is 10.5 Å². The summed E-state index contributed by atoms with van der Waals surface area (Å²) in [4.78, 5) is 22.5. The Labute approximate surface area is 295 Å². The zero-order valence-electron chi connectivity index (χ0n) is 29.7. The molecular formula is C33H50BrFN4O6S2Si. The third-order valence-electron chi connectivity index (χ3n) is 9.01. The molecule has 268 valence electrons. The number of amides is 1. The van der Waals surface area contributed by atoms with E-state index < -0.39 is 55.7 Å². The number of nitrogens with one attached hydrogen (secondary N) is 1. The zero-order valence-corrected chi connectivity index (χ0v) is 33.9. The Morgan fingerprint density at radius 2 is 1.71 bits per heavy atom. The SMILES string of the molecule is CC[Si](CC)(CC)c1cc(Br)nc([C@]2(C)CS(=O)(=NCCCOS(=O)(=O)c3ccc(C)cc3)C(C)(C)C(NC(=O)OC(C)(C)C)=N2)c1F. The molecule has 1 aromatic carbocycles. The molecule has 1 unspecified atom stereocenters. The monoisotopic (exact) mass is 788 g/mol. The number of alkyl carbamates (subject to hydrolysis) is 1. The normalized spacial score (nSPS) is 21.4. The molecule has 2 heterocycles.